The number of morpholine rings is 1. The van der Waals surface area contributed by atoms with Crippen LogP contribution in [-0.2, 0) is 14.3 Å². The summed E-state index contributed by atoms with van der Waals surface area (Å²) >= 11 is 0. The number of anilines is 1. The SMILES string of the molecule is CC1CN(CCCNC(=O)C2CC(=O)N(c3ccccc3F)C2)CC(C)O1. The third-order valence-electron chi connectivity index (χ3n) is 5.08. The Kier molecular flexibility index (Phi) is 6.44. The normalized spacial score (nSPS) is 26.4. The molecule has 2 saturated heterocycles. The van der Waals surface area contributed by atoms with Crippen molar-refractivity contribution in [2.24, 2.45) is 5.92 Å². The summed E-state index contributed by atoms with van der Waals surface area (Å²) in [6, 6.07) is 6.16. The fraction of sp³-hybridized carbons (Fsp3) is 0.600. The van der Waals surface area contributed by atoms with Crippen LogP contribution >= 0.6 is 0 Å². The Morgan fingerprint density at radius 3 is 2.63 bits per heavy atom. The van der Waals surface area contributed by atoms with Crippen LogP contribution in [0.4, 0.5) is 10.1 Å². The van der Waals surface area contributed by atoms with Gasteiger partial charge in [0, 0.05) is 39.1 Å². The summed E-state index contributed by atoms with van der Waals surface area (Å²) in [5.41, 5.74) is 0.244. The number of nitrogens with one attached hydrogen (secondary N) is 1. The van der Waals surface area contributed by atoms with Gasteiger partial charge >= 0.3 is 0 Å². The molecule has 0 aliphatic carbocycles. The number of carbonyl (C=O) groups is 2. The predicted octanol–water partition coefficient (Wildman–Crippen LogP) is 1.79. The van der Waals surface area contributed by atoms with Gasteiger partial charge in [-0.05, 0) is 32.4 Å². The molecule has 2 amide bonds. The van der Waals surface area contributed by atoms with Crippen molar-refractivity contribution in [2.75, 3.05) is 37.6 Å². The third kappa shape index (κ3) is 5.05. The Balaban J connectivity index is 1.43. The third-order valence-corrected chi connectivity index (χ3v) is 5.08. The number of nitrogens with zero attached hydrogens (tertiary/aromatic N) is 2. The van der Waals surface area contributed by atoms with Crippen molar-refractivity contribution in [3.63, 3.8) is 0 Å². The smallest absolute Gasteiger partial charge is 0.227 e. The average Bonchev–Trinajstić information content (AvgIpc) is 3.00. The first-order chi connectivity index (χ1) is 12.9. The molecule has 6 nitrogen and oxygen atoms in total. The lowest BCUT2D eigenvalue weighted by Crippen LogP contribution is -2.46. The Labute approximate surface area is 159 Å². The van der Waals surface area contributed by atoms with Crippen molar-refractivity contribution in [3.05, 3.63) is 30.1 Å². The van der Waals surface area contributed by atoms with Crippen LogP contribution in [0.3, 0.4) is 0 Å². The van der Waals surface area contributed by atoms with E-state index in [-0.39, 0.29) is 42.7 Å². The highest BCUT2D eigenvalue weighted by Crippen LogP contribution is 2.27. The van der Waals surface area contributed by atoms with Crippen molar-refractivity contribution in [2.45, 2.75) is 38.9 Å². The molecule has 1 aromatic carbocycles. The Hall–Kier alpha value is -1.99. The van der Waals surface area contributed by atoms with Crippen LogP contribution in [0.2, 0.25) is 0 Å². The summed E-state index contributed by atoms with van der Waals surface area (Å²) in [5, 5.41) is 2.92. The van der Waals surface area contributed by atoms with Crippen LogP contribution in [0.25, 0.3) is 0 Å². The lowest BCUT2D eigenvalue weighted by atomic mass is 10.1. The molecular weight excluding hydrogens is 349 g/mol. The van der Waals surface area contributed by atoms with Crippen molar-refractivity contribution in [3.8, 4) is 0 Å². The molecule has 2 fully saturated rings. The van der Waals surface area contributed by atoms with Gasteiger partial charge in [-0.15, -0.1) is 0 Å². The zero-order valence-corrected chi connectivity index (χ0v) is 16.0. The number of para-hydroxylation sites is 1. The van der Waals surface area contributed by atoms with Gasteiger partial charge < -0.3 is 15.0 Å². The number of benzene rings is 1. The van der Waals surface area contributed by atoms with Crippen molar-refractivity contribution in [1.29, 1.82) is 0 Å². The van der Waals surface area contributed by atoms with Crippen LogP contribution in [0.1, 0.15) is 26.7 Å². The molecule has 0 saturated carbocycles. The molecule has 7 heteroatoms. The van der Waals surface area contributed by atoms with E-state index in [4.69, 9.17) is 4.74 Å². The number of ether oxygens (including phenoxy) is 1. The highest BCUT2D eigenvalue weighted by Gasteiger charge is 2.36. The van der Waals surface area contributed by atoms with E-state index in [1.807, 2.05) is 0 Å². The molecule has 2 heterocycles. The van der Waals surface area contributed by atoms with Crippen molar-refractivity contribution in [1.82, 2.24) is 10.2 Å². The molecule has 0 aromatic heterocycles. The maximum atomic E-state index is 13.9. The number of carbonyl (C=O) groups excluding carboxylic acids is 2. The molecule has 148 valence electrons. The molecule has 3 rings (SSSR count). The molecule has 0 bridgehead atoms. The van der Waals surface area contributed by atoms with Gasteiger partial charge in [0.05, 0.1) is 23.8 Å². The number of hydrogen-bond donors (Lipinski definition) is 1. The molecule has 0 radical (unpaired) electrons. The number of rotatable bonds is 6. The van der Waals surface area contributed by atoms with E-state index in [9.17, 15) is 14.0 Å². The predicted molar refractivity (Wildman–Crippen MR) is 101 cm³/mol. The zero-order chi connectivity index (χ0) is 19.4. The second-order valence-electron chi connectivity index (χ2n) is 7.52. The zero-order valence-electron chi connectivity index (χ0n) is 16.0. The maximum absolute atomic E-state index is 13.9. The first kappa shape index (κ1) is 19.8. The lowest BCUT2D eigenvalue weighted by molar-refractivity contribution is -0.126. The topological polar surface area (TPSA) is 61.9 Å². The fourth-order valence-electron chi connectivity index (χ4n) is 3.91. The number of amides is 2. The number of hydrogen-bond acceptors (Lipinski definition) is 4. The molecule has 2 aliphatic heterocycles. The van der Waals surface area contributed by atoms with Crippen LogP contribution in [-0.4, -0.2) is 61.6 Å². The van der Waals surface area contributed by atoms with Crippen LogP contribution in [0.5, 0.6) is 0 Å². The molecule has 27 heavy (non-hydrogen) atoms. The van der Waals surface area contributed by atoms with Crippen LogP contribution in [0, 0.1) is 11.7 Å². The summed E-state index contributed by atoms with van der Waals surface area (Å²) in [4.78, 5) is 28.3. The fourth-order valence-corrected chi connectivity index (χ4v) is 3.91. The minimum absolute atomic E-state index is 0.124. The Bertz CT molecular complexity index is 674. The van der Waals surface area contributed by atoms with Gasteiger partial charge in [-0.1, -0.05) is 12.1 Å². The van der Waals surface area contributed by atoms with E-state index in [2.05, 4.69) is 24.1 Å². The second-order valence-corrected chi connectivity index (χ2v) is 7.52. The van der Waals surface area contributed by atoms with E-state index in [1.165, 1.54) is 11.0 Å². The minimum atomic E-state index is -0.444. The number of halogens is 1. The molecule has 1 aromatic rings. The quantitative estimate of drug-likeness (QED) is 0.768. The van der Waals surface area contributed by atoms with Gasteiger partial charge in [-0.3, -0.25) is 14.5 Å². The minimum Gasteiger partial charge on any atom is -0.373 e. The van der Waals surface area contributed by atoms with E-state index >= 15 is 0 Å². The standard InChI is InChI=1S/C20H28FN3O3/c1-14-11-23(12-15(2)27-14)9-5-8-22-20(26)16-10-19(25)24(13-16)18-7-4-3-6-17(18)21/h3-4,6-7,14-16H,5,8-13H2,1-2H3,(H,22,26). The van der Waals surface area contributed by atoms with Gasteiger partial charge in [0.25, 0.3) is 0 Å². The van der Waals surface area contributed by atoms with Gasteiger partial charge in [-0.25, -0.2) is 4.39 Å². The molecule has 1 N–H and O–H groups in total. The lowest BCUT2D eigenvalue weighted by Gasteiger charge is -2.35. The molecular formula is C20H28FN3O3. The summed E-state index contributed by atoms with van der Waals surface area (Å²) in [6.45, 7) is 7.67. The van der Waals surface area contributed by atoms with Crippen molar-refractivity contribution < 1.29 is 18.7 Å². The monoisotopic (exact) mass is 377 g/mol. The first-order valence-corrected chi connectivity index (χ1v) is 9.64. The van der Waals surface area contributed by atoms with Gasteiger partial charge in [-0.2, -0.15) is 0 Å². The van der Waals surface area contributed by atoms with Crippen molar-refractivity contribution >= 4 is 17.5 Å². The van der Waals surface area contributed by atoms with Gasteiger partial charge in [0.2, 0.25) is 11.8 Å². The van der Waals surface area contributed by atoms with E-state index < -0.39 is 11.7 Å². The van der Waals surface area contributed by atoms with Gasteiger partial charge in [0.15, 0.2) is 0 Å². The van der Waals surface area contributed by atoms with Crippen LogP contribution < -0.4 is 10.2 Å². The summed E-state index contributed by atoms with van der Waals surface area (Å²) in [7, 11) is 0. The van der Waals surface area contributed by atoms with E-state index in [1.54, 1.807) is 18.2 Å². The van der Waals surface area contributed by atoms with E-state index in [0.717, 1.165) is 26.1 Å². The highest BCUT2D eigenvalue weighted by atomic mass is 19.1. The summed E-state index contributed by atoms with van der Waals surface area (Å²) in [6.07, 6.45) is 1.44. The highest BCUT2D eigenvalue weighted by molar-refractivity contribution is 6.00. The maximum Gasteiger partial charge on any atom is 0.227 e. The summed E-state index contributed by atoms with van der Waals surface area (Å²) in [5.74, 6) is -1.22. The molecule has 3 unspecified atom stereocenters. The second kappa shape index (κ2) is 8.80. The Morgan fingerprint density at radius 2 is 1.93 bits per heavy atom. The molecule has 3 atom stereocenters. The largest absolute Gasteiger partial charge is 0.373 e. The van der Waals surface area contributed by atoms with E-state index in [0.29, 0.717) is 6.54 Å². The van der Waals surface area contributed by atoms with Gasteiger partial charge in [0.1, 0.15) is 5.82 Å². The van der Waals surface area contributed by atoms with Crippen LogP contribution in [0.15, 0.2) is 24.3 Å². The molecule has 2 aliphatic rings. The molecule has 0 spiro atoms. The average molecular weight is 377 g/mol. The summed E-state index contributed by atoms with van der Waals surface area (Å²) < 4.78 is 19.6. The first-order valence-electron chi connectivity index (χ1n) is 9.64. The Morgan fingerprint density at radius 1 is 1.22 bits per heavy atom.